The van der Waals surface area contributed by atoms with Crippen molar-refractivity contribution in [1.82, 2.24) is 4.90 Å². The molecule has 0 amide bonds. The number of hydrogen-bond donors (Lipinski definition) is 0. The number of ether oxygens (including phenoxy) is 1. The van der Waals surface area contributed by atoms with Crippen molar-refractivity contribution in [2.45, 2.75) is 45.4 Å². The van der Waals surface area contributed by atoms with Crippen LogP contribution in [0.25, 0.3) is 0 Å². The van der Waals surface area contributed by atoms with Crippen molar-refractivity contribution in [1.29, 1.82) is 0 Å². The average Bonchev–Trinajstić information content (AvgIpc) is 2.13. The quantitative estimate of drug-likeness (QED) is 0.720. The first-order chi connectivity index (χ1) is 8.08. The summed E-state index contributed by atoms with van der Waals surface area (Å²) >= 11 is 0. The number of halogens is 3. The lowest BCUT2D eigenvalue weighted by Crippen LogP contribution is -2.44. The van der Waals surface area contributed by atoms with Gasteiger partial charge in [0.1, 0.15) is 5.60 Å². The zero-order valence-corrected chi connectivity index (χ0v) is 11.0. The lowest BCUT2D eigenvalue weighted by atomic mass is 9.97. The van der Waals surface area contributed by atoms with Crippen LogP contribution in [0.4, 0.5) is 13.2 Å². The first kappa shape index (κ1) is 15.3. The molecule has 1 rings (SSSR count). The summed E-state index contributed by atoms with van der Waals surface area (Å²) in [5.41, 5.74) is -0.601. The van der Waals surface area contributed by atoms with Gasteiger partial charge in [-0.25, -0.2) is 0 Å². The summed E-state index contributed by atoms with van der Waals surface area (Å²) in [6, 6.07) is 0. The second kappa shape index (κ2) is 5.47. The molecule has 3 nitrogen and oxygen atoms in total. The minimum atomic E-state index is -4.17. The van der Waals surface area contributed by atoms with E-state index in [1.54, 1.807) is 20.8 Å². The summed E-state index contributed by atoms with van der Waals surface area (Å²) in [7, 11) is 0. The summed E-state index contributed by atoms with van der Waals surface area (Å²) < 4.78 is 42.8. The Morgan fingerprint density at radius 1 is 1.33 bits per heavy atom. The highest BCUT2D eigenvalue weighted by atomic mass is 19.4. The van der Waals surface area contributed by atoms with E-state index in [0.717, 1.165) is 0 Å². The van der Waals surface area contributed by atoms with Gasteiger partial charge in [0.25, 0.3) is 0 Å². The number of esters is 1. The number of likely N-dealkylation sites (tertiary alicyclic amines) is 1. The molecule has 0 spiro atoms. The molecule has 0 radical (unpaired) electrons. The molecule has 6 heteroatoms. The molecule has 0 bridgehead atoms. The van der Waals surface area contributed by atoms with Crippen LogP contribution in [-0.2, 0) is 9.53 Å². The van der Waals surface area contributed by atoms with Gasteiger partial charge in [-0.2, -0.15) is 13.2 Å². The van der Waals surface area contributed by atoms with Gasteiger partial charge in [0, 0.05) is 6.54 Å². The summed E-state index contributed by atoms with van der Waals surface area (Å²) in [6.07, 6.45) is -3.56. The molecular formula is C12H20F3NO2. The second-order valence-electron chi connectivity index (χ2n) is 5.70. The number of carbonyl (C=O) groups is 1. The van der Waals surface area contributed by atoms with Gasteiger partial charge in [-0.1, -0.05) is 0 Å². The van der Waals surface area contributed by atoms with Crippen molar-refractivity contribution in [2.24, 2.45) is 5.92 Å². The number of rotatable bonds is 2. The van der Waals surface area contributed by atoms with Gasteiger partial charge in [0.15, 0.2) is 0 Å². The largest absolute Gasteiger partial charge is 0.459 e. The minimum absolute atomic E-state index is 0.0656. The van der Waals surface area contributed by atoms with Crippen molar-refractivity contribution in [2.75, 3.05) is 19.6 Å². The van der Waals surface area contributed by atoms with Crippen LogP contribution in [-0.4, -0.2) is 42.3 Å². The molecule has 1 unspecified atom stereocenters. The van der Waals surface area contributed by atoms with Gasteiger partial charge >= 0.3 is 12.1 Å². The summed E-state index contributed by atoms with van der Waals surface area (Å²) in [5.74, 6) is -1.79. The van der Waals surface area contributed by atoms with E-state index in [1.165, 1.54) is 4.90 Å². The van der Waals surface area contributed by atoms with Crippen molar-refractivity contribution in [3.63, 3.8) is 0 Å². The standard InChI is InChI=1S/C12H20F3NO2/c1-11(2,3)18-10(17)8-16-6-4-5-9(7-16)12(13,14)15/h9H,4-8H2,1-3H3. The molecular weight excluding hydrogens is 247 g/mol. The Labute approximate surface area is 105 Å². The fraction of sp³-hybridized carbons (Fsp3) is 0.917. The molecule has 1 heterocycles. The Kier molecular flexibility index (Phi) is 4.64. The van der Waals surface area contributed by atoms with E-state index in [4.69, 9.17) is 4.74 Å². The Bertz CT molecular complexity index is 297. The fourth-order valence-corrected chi connectivity index (χ4v) is 2.02. The lowest BCUT2D eigenvalue weighted by molar-refractivity contribution is -0.189. The van der Waals surface area contributed by atoms with Crippen LogP contribution in [0.2, 0.25) is 0 Å². The third kappa shape index (κ3) is 5.25. The lowest BCUT2D eigenvalue weighted by Gasteiger charge is -2.33. The first-order valence-corrected chi connectivity index (χ1v) is 6.09. The molecule has 1 aliphatic rings. The zero-order chi connectivity index (χ0) is 14.0. The van der Waals surface area contributed by atoms with Crippen LogP contribution < -0.4 is 0 Å². The van der Waals surface area contributed by atoms with E-state index in [2.05, 4.69) is 0 Å². The summed E-state index contributed by atoms with van der Waals surface area (Å²) in [5, 5.41) is 0. The third-order valence-corrected chi connectivity index (χ3v) is 2.74. The van der Waals surface area contributed by atoms with Gasteiger partial charge in [-0.15, -0.1) is 0 Å². The normalized spacial score (nSPS) is 22.9. The molecule has 0 aromatic heterocycles. The highest BCUT2D eigenvalue weighted by Crippen LogP contribution is 2.33. The summed E-state index contributed by atoms with van der Waals surface area (Å²) in [6.45, 7) is 5.55. The monoisotopic (exact) mass is 267 g/mol. The average molecular weight is 267 g/mol. The highest BCUT2D eigenvalue weighted by Gasteiger charge is 2.42. The SMILES string of the molecule is CC(C)(C)OC(=O)CN1CCCC(C(F)(F)F)C1. The topological polar surface area (TPSA) is 29.5 Å². The van der Waals surface area contributed by atoms with Crippen LogP contribution in [0.1, 0.15) is 33.6 Å². The predicted octanol–water partition coefficient (Wildman–Crippen LogP) is 2.60. The Morgan fingerprint density at radius 3 is 2.44 bits per heavy atom. The van der Waals surface area contributed by atoms with Gasteiger partial charge < -0.3 is 4.74 Å². The van der Waals surface area contributed by atoms with Crippen LogP contribution >= 0.6 is 0 Å². The first-order valence-electron chi connectivity index (χ1n) is 6.09. The number of hydrogen-bond acceptors (Lipinski definition) is 3. The molecule has 1 saturated heterocycles. The molecule has 1 aliphatic heterocycles. The molecule has 0 aliphatic carbocycles. The predicted molar refractivity (Wildman–Crippen MR) is 61.1 cm³/mol. The number of carbonyl (C=O) groups excluding carboxylic acids is 1. The molecule has 106 valence electrons. The van der Waals surface area contributed by atoms with Gasteiger partial charge in [0.2, 0.25) is 0 Å². The number of piperidine rings is 1. The highest BCUT2D eigenvalue weighted by molar-refractivity contribution is 5.72. The van der Waals surface area contributed by atoms with Crippen molar-refractivity contribution in [3.8, 4) is 0 Å². The maximum absolute atomic E-state index is 12.6. The molecule has 1 atom stereocenters. The van der Waals surface area contributed by atoms with E-state index in [9.17, 15) is 18.0 Å². The second-order valence-corrected chi connectivity index (χ2v) is 5.70. The molecule has 18 heavy (non-hydrogen) atoms. The van der Waals surface area contributed by atoms with Crippen molar-refractivity contribution in [3.05, 3.63) is 0 Å². The molecule has 0 aromatic rings. The van der Waals surface area contributed by atoms with Gasteiger partial charge in [0.05, 0.1) is 12.5 Å². The molecule has 0 saturated carbocycles. The molecule has 1 fully saturated rings. The van der Waals surface area contributed by atoms with Crippen molar-refractivity contribution < 1.29 is 22.7 Å². The number of nitrogens with zero attached hydrogens (tertiary/aromatic N) is 1. The summed E-state index contributed by atoms with van der Waals surface area (Å²) in [4.78, 5) is 13.1. The minimum Gasteiger partial charge on any atom is -0.459 e. The molecule has 0 N–H and O–H groups in total. The molecule has 0 aromatic carbocycles. The van der Waals surface area contributed by atoms with E-state index in [1.807, 2.05) is 0 Å². The van der Waals surface area contributed by atoms with Gasteiger partial charge in [-0.3, -0.25) is 9.69 Å². The Balaban J connectivity index is 2.46. The third-order valence-electron chi connectivity index (χ3n) is 2.74. The van der Waals surface area contributed by atoms with E-state index >= 15 is 0 Å². The number of alkyl halides is 3. The Morgan fingerprint density at radius 2 is 1.94 bits per heavy atom. The van der Waals surface area contributed by atoms with Gasteiger partial charge in [-0.05, 0) is 40.2 Å². The maximum Gasteiger partial charge on any atom is 0.393 e. The van der Waals surface area contributed by atoms with E-state index in [0.29, 0.717) is 13.0 Å². The zero-order valence-electron chi connectivity index (χ0n) is 11.0. The van der Waals surface area contributed by atoms with Crippen LogP contribution in [0.3, 0.4) is 0 Å². The maximum atomic E-state index is 12.6. The van der Waals surface area contributed by atoms with E-state index < -0.39 is 23.7 Å². The van der Waals surface area contributed by atoms with Crippen LogP contribution in [0.15, 0.2) is 0 Å². The fourth-order valence-electron chi connectivity index (χ4n) is 2.02. The van der Waals surface area contributed by atoms with Crippen LogP contribution in [0.5, 0.6) is 0 Å². The smallest absolute Gasteiger partial charge is 0.393 e. The van der Waals surface area contributed by atoms with Crippen molar-refractivity contribution >= 4 is 5.97 Å². The van der Waals surface area contributed by atoms with E-state index in [-0.39, 0.29) is 19.5 Å². The van der Waals surface area contributed by atoms with Crippen LogP contribution in [0, 0.1) is 5.92 Å². The Hall–Kier alpha value is -0.780.